The molecule has 2 aliphatic heterocycles. The molecule has 0 bridgehead atoms. The Hall–Kier alpha value is -2.99. The maximum absolute atomic E-state index is 12.0. The maximum Gasteiger partial charge on any atom is 0.226 e. The quantitative estimate of drug-likeness (QED) is 0.159. The minimum Gasteiger partial charge on any atom is -0.395 e. The number of aliphatic hydroxyl groups excluding tert-OH is 1. The molecular formula is C34H55N9O2. The molecule has 2 aromatic rings. The maximum atomic E-state index is 12.0. The van der Waals surface area contributed by atoms with Crippen LogP contribution in [-0.2, 0) is 17.9 Å². The molecular weight excluding hydrogens is 566 g/mol. The van der Waals surface area contributed by atoms with Gasteiger partial charge in [-0.05, 0) is 56.3 Å². The lowest BCUT2D eigenvalue weighted by molar-refractivity contribution is -0.127. The van der Waals surface area contributed by atoms with Crippen molar-refractivity contribution in [2.24, 2.45) is 0 Å². The molecule has 2 saturated heterocycles. The van der Waals surface area contributed by atoms with E-state index in [0.717, 1.165) is 102 Å². The number of carbonyl (C=O) groups is 1. The highest BCUT2D eigenvalue weighted by molar-refractivity contribution is 5.78. The topological polar surface area (TPSA) is 121 Å². The summed E-state index contributed by atoms with van der Waals surface area (Å²) in [5.41, 5.74) is 2.48. The highest BCUT2D eigenvalue weighted by Gasteiger charge is 2.21. The molecule has 0 unspecified atom stereocenters. The van der Waals surface area contributed by atoms with Gasteiger partial charge in [0.05, 0.1) is 6.61 Å². The first-order chi connectivity index (χ1) is 22.2. The number of nitrogens with one attached hydrogen (secondary N) is 4. The zero-order valence-electron chi connectivity index (χ0n) is 27.1. The minimum atomic E-state index is 0.189. The van der Waals surface area contributed by atoms with Gasteiger partial charge >= 0.3 is 0 Å². The van der Waals surface area contributed by atoms with E-state index in [1.807, 2.05) is 11.0 Å². The number of β-amino-alcohol motifs (C(OH)–C–C–N with tert-alkyl or cyclic N) is 1. The van der Waals surface area contributed by atoms with Crippen LogP contribution in [0, 0.1) is 0 Å². The van der Waals surface area contributed by atoms with E-state index in [4.69, 9.17) is 9.97 Å². The van der Waals surface area contributed by atoms with E-state index < -0.39 is 0 Å². The lowest BCUT2D eigenvalue weighted by atomic mass is 9.95. The highest BCUT2D eigenvalue weighted by atomic mass is 16.3. The van der Waals surface area contributed by atoms with E-state index in [-0.39, 0.29) is 12.5 Å². The fraction of sp³-hybridized carbons (Fsp3) is 0.676. The summed E-state index contributed by atoms with van der Waals surface area (Å²) in [6, 6.07) is 11.5. The van der Waals surface area contributed by atoms with E-state index in [1.54, 1.807) is 0 Å². The van der Waals surface area contributed by atoms with Gasteiger partial charge in [0.25, 0.3) is 0 Å². The van der Waals surface area contributed by atoms with Crippen LogP contribution in [0.4, 0.5) is 17.6 Å². The number of hydrogen-bond donors (Lipinski definition) is 5. The summed E-state index contributed by atoms with van der Waals surface area (Å²) in [6.45, 7) is 10.5. The van der Waals surface area contributed by atoms with E-state index in [2.05, 4.69) is 55.3 Å². The summed E-state index contributed by atoms with van der Waals surface area (Å²) in [7, 11) is 0. The van der Waals surface area contributed by atoms with Crippen molar-refractivity contribution >= 4 is 23.5 Å². The first-order valence-electron chi connectivity index (χ1n) is 17.4. The van der Waals surface area contributed by atoms with Crippen molar-refractivity contribution < 1.29 is 9.90 Å². The zero-order chi connectivity index (χ0) is 31.1. The van der Waals surface area contributed by atoms with E-state index >= 15 is 0 Å². The smallest absolute Gasteiger partial charge is 0.226 e. The molecule has 5 rings (SSSR count). The summed E-state index contributed by atoms with van der Waals surface area (Å²) in [6.07, 6.45) is 10.6. The second kappa shape index (κ2) is 18.2. The number of nitrogens with zero attached hydrogens (tertiary/aromatic N) is 5. The van der Waals surface area contributed by atoms with Crippen molar-refractivity contribution in [3.8, 4) is 0 Å². The van der Waals surface area contributed by atoms with Gasteiger partial charge in [0.15, 0.2) is 0 Å². The van der Waals surface area contributed by atoms with Gasteiger partial charge < -0.3 is 36.2 Å². The predicted molar refractivity (Wildman–Crippen MR) is 182 cm³/mol. The van der Waals surface area contributed by atoms with Crippen molar-refractivity contribution in [2.45, 2.75) is 76.9 Å². The van der Waals surface area contributed by atoms with Crippen LogP contribution in [0.15, 0.2) is 30.3 Å². The number of likely N-dealkylation sites (tertiary alicyclic amines) is 1. The van der Waals surface area contributed by atoms with E-state index in [1.165, 1.54) is 43.2 Å². The molecule has 1 aliphatic carbocycles. The van der Waals surface area contributed by atoms with Crippen molar-refractivity contribution in [2.75, 3.05) is 87.6 Å². The molecule has 5 N–H and O–H groups in total. The van der Waals surface area contributed by atoms with E-state index in [0.29, 0.717) is 25.5 Å². The molecule has 3 fully saturated rings. The van der Waals surface area contributed by atoms with E-state index in [9.17, 15) is 9.90 Å². The van der Waals surface area contributed by atoms with Crippen LogP contribution < -0.4 is 26.2 Å². The fourth-order valence-electron chi connectivity index (χ4n) is 6.55. The van der Waals surface area contributed by atoms with Crippen molar-refractivity contribution in [1.29, 1.82) is 0 Å². The number of aromatic nitrogens is 2. The zero-order valence-corrected chi connectivity index (χ0v) is 27.1. The normalized spacial score (nSPS) is 18.1. The molecule has 248 valence electrons. The van der Waals surface area contributed by atoms with Gasteiger partial charge in [-0.25, -0.2) is 0 Å². The predicted octanol–water partition coefficient (Wildman–Crippen LogP) is 3.03. The lowest BCUT2D eigenvalue weighted by Gasteiger charge is -2.35. The number of benzene rings is 1. The standard InChI is InChI=1S/C34H55N9O2/c44-24-23-41-19-21-42(22-20-41)32-25-31(37-16-6-18-43-17-4-9-33(43)45)39-34(40-32)38-27-29-12-10-28(11-13-29)26-35-14-5-15-36-30-7-2-1-3-8-30/h10-13,25,30,35-36,44H,1-9,14-24,26-27H2,(H2,37,38,39,40). The first kappa shape index (κ1) is 33.4. The molecule has 0 radical (unpaired) electrons. The van der Waals surface area contributed by atoms with Crippen molar-refractivity contribution in [1.82, 2.24) is 30.4 Å². The van der Waals surface area contributed by atoms with Crippen LogP contribution in [0.25, 0.3) is 0 Å². The number of rotatable bonds is 18. The highest BCUT2D eigenvalue weighted by Crippen LogP contribution is 2.21. The molecule has 1 aromatic carbocycles. The molecule has 11 heteroatoms. The molecule has 0 atom stereocenters. The van der Waals surface area contributed by atoms with Crippen LogP contribution in [0.5, 0.6) is 0 Å². The molecule has 1 aromatic heterocycles. The lowest BCUT2D eigenvalue weighted by Crippen LogP contribution is -2.47. The summed E-state index contributed by atoms with van der Waals surface area (Å²) >= 11 is 0. The van der Waals surface area contributed by atoms with Crippen LogP contribution in [0.2, 0.25) is 0 Å². The molecule has 1 amide bonds. The Bertz CT molecular complexity index is 1150. The Labute approximate surface area is 269 Å². The van der Waals surface area contributed by atoms with Crippen molar-refractivity contribution in [3.05, 3.63) is 41.5 Å². The van der Waals surface area contributed by atoms with Gasteiger partial charge in [0, 0.05) is 84.0 Å². The average Bonchev–Trinajstić information content (AvgIpc) is 3.49. The summed E-state index contributed by atoms with van der Waals surface area (Å²) < 4.78 is 0. The molecule has 3 heterocycles. The van der Waals surface area contributed by atoms with Gasteiger partial charge in [-0.2, -0.15) is 9.97 Å². The molecule has 11 nitrogen and oxygen atoms in total. The second-order valence-corrected chi connectivity index (χ2v) is 12.7. The Kier molecular flexibility index (Phi) is 13.5. The number of amides is 1. The van der Waals surface area contributed by atoms with Crippen molar-refractivity contribution in [3.63, 3.8) is 0 Å². The van der Waals surface area contributed by atoms with Gasteiger partial charge in [-0.1, -0.05) is 43.5 Å². The Balaban J connectivity index is 1.09. The summed E-state index contributed by atoms with van der Waals surface area (Å²) in [4.78, 5) is 28.2. The molecule has 3 aliphatic rings. The number of carbonyl (C=O) groups excluding carboxylic acids is 1. The van der Waals surface area contributed by atoms with Gasteiger partial charge in [0.2, 0.25) is 11.9 Å². The Morgan fingerprint density at radius 1 is 0.800 bits per heavy atom. The molecule has 1 saturated carbocycles. The monoisotopic (exact) mass is 621 g/mol. The summed E-state index contributed by atoms with van der Waals surface area (Å²) in [5.74, 6) is 2.58. The van der Waals surface area contributed by atoms with Gasteiger partial charge in [-0.15, -0.1) is 0 Å². The average molecular weight is 622 g/mol. The van der Waals surface area contributed by atoms with Gasteiger partial charge in [0.1, 0.15) is 11.6 Å². The number of aliphatic hydroxyl groups is 1. The molecule has 0 spiro atoms. The van der Waals surface area contributed by atoms with Crippen LogP contribution in [0.3, 0.4) is 0 Å². The molecule has 45 heavy (non-hydrogen) atoms. The number of anilines is 3. The van der Waals surface area contributed by atoms with Gasteiger partial charge in [-0.3, -0.25) is 9.69 Å². The number of hydrogen-bond acceptors (Lipinski definition) is 10. The van der Waals surface area contributed by atoms with Crippen LogP contribution >= 0.6 is 0 Å². The minimum absolute atomic E-state index is 0.189. The third kappa shape index (κ3) is 11.1. The first-order valence-corrected chi connectivity index (χ1v) is 17.4. The SMILES string of the molecule is O=C1CCCN1CCCNc1cc(N2CCN(CCO)CC2)nc(NCc2ccc(CNCCCNC3CCCCC3)cc2)n1. The third-order valence-electron chi connectivity index (χ3n) is 9.28. The Morgan fingerprint density at radius 3 is 2.31 bits per heavy atom. The summed E-state index contributed by atoms with van der Waals surface area (Å²) in [5, 5.41) is 23.6. The second-order valence-electron chi connectivity index (χ2n) is 12.7. The van der Waals surface area contributed by atoms with Crippen LogP contribution in [0.1, 0.15) is 68.9 Å². The van der Waals surface area contributed by atoms with Crippen LogP contribution in [-0.4, -0.2) is 109 Å². The Morgan fingerprint density at radius 2 is 1.58 bits per heavy atom. The third-order valence-corrected chi connectivity index (χ3v) is 9.28. The number of piperazine rings is 1. The fourth-order valence-corrected chi connectivity index (χ4v) is 6.55. The largest absolute Gasteiger partial charge is 0.395 e.